The van der Waals surface area contributed by atoms with Crippen LogP contribution in [-0.2, 0) is 0 Å². The summed E-state index contributed by atoms with van der Waals surface area (Å²) < 4.78 is 0. The predicted octanol–water partition coefficient (Wildman–Crippen LogP) is 3.47. The lowest BCUT2D eigenvalue weighted by Crippen LogP contribution is -2.18. The van der Waals surface area contributed by atoms with Gasteiger partial charge in [0.05, 0.1) is 0 Å². The van der Waals surface area contributed by atoms with Crippen LogP contribution in [0.15, 0.2) is 11.6 Å². The third kappa shape index (κ3) is 8.59. The summed E-state index contributed by atoms with van der Waals surface area (Å²) in [4.78, 5) is 13.9. The zero-order valence-electron chi connectivity index (χ0n) is 10.8. The molecule has 0 aliphatic heterocycles. The van der Waals surface area contributed by atoms with Crippen molar-refractivity contribution in [1.82, 2.24) is 4.98 Å². The smallest absolute Gasteiger partial charge is 0.318 e. The van der Waals surface area contributed by atoms with Gasteiger partial charge in [-0.05, 0) is 5.92 Å². The van der Waals surface area contributed by atoms with Gasteiger partial charge in [0.1, 0.15) is 0 Å². The fraction of sp³-hybridized carbons (Fsp3) is 0.538. The van der Waals surface area contributed by atoms with Crippen molar-refractivity contribution >= 4 is 22.5 Å². The summed E-state index contributed by atoms with van der Waals surface area (Å²) in [6.45, 7) is 2.36. The van der Waals surface area contributed by atoms with Crippen molar-refractivity contribution in [2.45, 2.75) is 39.0 Å². The number of amides is 2. The number of hydrogen-bond donors (Lipinski definition) is 2. The van der Waals surface area contributed by atoms with Gasteiger partial charge in [-0.1, -0.05) is 39.0 Å². The first-order valence-electron chi connectivity index (χ1n) is 5.97. The zero-order chi connectivity index (χ0) is 13.8. The Kier molecular flexibility index (Phi) is 9.70. The number of rotatable bonds is 1. The Labute approximate surface area is 113 Å². The molecule has 1 fully saturated rings. The van der Waals surface area contributed by atoms with Crippen LogP contribution in [0.25, 0.3) is 0 Å². The quantitative estimate of drug-likeness (QED) is 0.765. The van der Waals surface area contributed by atoms with E-state index in [-0.39, 0.29) is 0 Å². The molecule has 3 N–H and O–H groups in total. The lowest BCUT2D eigenvalue weighted by molar-refractivity contribution is 0.259. The van der Waals surface area contributed by atoms with E-state index in [0.29, 0.717) is 5.13 Å². The van der Waals surface area contributed by atoms with Gasteiger partial charge in [0, 0.05) is 11.6 Å². The van der Waals surface area contributed by atoms with E-state index in [1.807, 2.05) is 0 Å². The highest BCUT2D eigenvalue weighted by molar-refractivity contribution is 7.13. The van der Waals surface area contributed by atoms with E-state index in [1.165, 1.54) is 43.4 Å². The second kappa shape index (κ2) is 10.6. The Bertz CT molecular complexity index is 329. The molecule has 4 nitrogen and oxygen atoms in total. The molecule has 1 saturated carbocycles. The minimum atomic E-state index is -0.579. The summed E-state index contributed by atoms with van der Waals surface area (Å²) in [5, 5.41) is 4.62. The first kappa shape index (κ1) is 16.5. The molecule has 1 heterocycles. The molecule has 0 atom stereocenters. The number of nitrogens with zero attached hydrogens (tertiary/aromatic N) is 1. The average Bonchev–Trinajstić information content (AvgIpc) is 2.85. The van der Waals surface area contributed by atoms with E-state index >= 15 is 0 Å². The maximum Gasteiger partial charge on any atom is 0.318 e. The molecule has 0 spiro atoms. The summed E-state index contributed by atoms with van der Waals surface area (Å²) in [6.07, 6.45) is 17.0. The lowest BCUT2D eigenvalue weighted by Gasteiger charge is -2.15. The van der Waals surface area contributed by atoms with E-state index in [2.05, 4.69) is 30.1 Å². The molecule has 2 amide bonds. The monoisotopic (exact) mass is 267 g/mol. The molecule has 0 bridgehead atoms. The molecule has 2 rings (SSSR count). The van der Waals surface area contributed by atoms with Gasteiger partial charge in [0.25, 0.3) is 0 Å². The van der Waals surface area contributed by atoms with Crippen LogP contribution >= 0.6 is 11.3 Å². The van der Waals surface area contributed by atoms with E-state index < -0.39 is 6.03 Å². The van der Waals surface area contributed by atoms with Crippen molar-refractivity contribution in [3.05, 3.63) is 11.6 Å². The molecule has 0 radical (unpaired) electrons. The minimum absolute atomic E-state index is 0.530. The largest absolute Gasteiger partial charge is 0.351 e. The zero-order valence-corrected chi connectivity index (χ0v) is 11.6. The predicted molar refractivity (Wildman–Crippen MR) is 77.5 cm³/mol. The van der Waals surface area contributed by atoms with Crippen LogP contribution in [0.3, 0.4) is 0 Å². The first-order chi connectivity index (χ1) is 8.68. The van der Waals surface area contributed by atoms with Crippen LogP contribution in [0.5, 0.6) is 0 Å². The van der Waals surface area contributed by atoms with Crippen molar-refractivity contribution in [2.24, 2.45) is 11.7 Å². The SMILES string of the molecule is C#C.CC1CCCCC1.NC(=O)Nc1nccs1. The Morgan fingerprint density at radius 1 is 1.44 bits per heavy atom. The third-order valence-electron chi connectivity index (χ3n) is 2.56. The fourth-order valence-corrected chi connectivity index (χ4v) is 2.23. The van der Waals surface area contributed by atoms with Crippen LogP contribution < -0.4 is 11.1 Å². The molecule has 18 heavy (non-hydrogen) atoms. The molecule has 1 aliphatic carbocycles. The second-order valence-corrected chi connectivity index (χ2v) is 4.96. The van der Waals surface area contributed by atoms with E-state index in [0.717, 1.165) is 5.92 Å². The van der Waals surface area contributed by atoms with Crippen LogP contribution in [0.1, 0.15) is 39.0 Å². The van der Waals surface area contributed by atoms with Gasteiger partial charge in [-0.2, -0.15) is 0 Å². The Balaban J connectivity index is 0.000000289. The molecular weight excluding hydrogens is 246 g/mol. The van der Waals surface area contributed by atoms with E-state index in [4.69, 9.17) is 5.73 Å². The summed E-state index contributed by atoms with van der Waals surface area (Å²) in [6, 6.07) is -0.579. The lowest BCUT2D eigenvalue weighted by atomic mass is 9.91. The summed E-state index contributed by atoms with van der Waals surface area (Å²) in [5.74, 6) is 1.04. The number of nitrogens with one attached hydrogen (secondary N) is 1. The van der Waals surface area contributed by atoms with Crippen molar-refractivity contribution < 1.29 is 4.79 Å². The van der Waals surface area contributed by atoms with E-state index in [1.54, 1.807) is 11.6 Å². The third-order valence-corrected chi connectivity index (χ3v) is 3.24. The molecule has 0 unspecified atom stereocenters. The Morgan fingerprint density at radius 2 is 2.06 bits per heavy atom. The number of nitrogens with two attached hydrogens (primary N) is 1. The number of carbonyl (C=O) groups excluding carboxylic acids is 1. The number of aromatic nitrogens is 1. The van der Waals surface area contributed by atoms with Gasteiger partial charge >= 0.3 is 6.03 Å². The van der Waals surface area contributed by atoms with Crippen molar-refractivity contribution in [1.29, 1.82) is 0 Å². The Hall–Kier alpha value is -1.54. The molecular formula is C13H21N3OS. The molecule has 1 aliphatic rings. The molecule has 1 aromatic rings. The van der Waals surface area contributed by atoms with E-state index in [9.17, 15) is 4.79 Å². The van der Waals surface area contributed by atoms with Crippen molar-refractivity contribution in [2.75, 3.05) is 5.32 Å². The number of primary amides is 1. The average molecular weight is 267 g/mol. The number of hydrogen-bond acceptors (Lipinski definition) is 3. The first-order valence-corrected chi connectivity index (χ1v) is 6.85. The normalized spacial score (nSPS) is 14.4. The van der Waals surface area contributed by atoms with Gasteiger partial charge in [-0.3, -0.25) is 5.32 Å². The fourth-order valence-electron chi connectivity index (χ4n) is 1.70. The summed E-state index contributed by atoms with van der Waals surface area (Å²) in [7, 11) is 0. The molecule has 0 aromatic carbocycles. The number of urea groups is 1. The molecule has 5 heteroatoms. The summed E-state index contributed by atoms with van der Waals surface area (Å²) in [5.41, 5.74) is 4.80. The molecule has 1 aromatic heterocycles. The minimum Gasteiger partial charge on any atom is -0.351 e. The standard InChI is InChI=1S/C7H14.C4H5N3OS.C2H2/c1-7-5-3-2-4-6-7;5-3(8)7-4-6-1-2-9-4;1-2/h7H,2-6H2,1H3;1-2H,(H3,5,6,7,8);1-2H. The molecule has 0 saturated heterocycles. The van der Waals surface area contributed by atoms with Crippen LogP contribution in [0.2, 0.25) is 0 Å². The number of anilines is 1. The Morgan fingerprint density at radius 3 is 2.39 bits per heavy atom. The van der Waals surface area contributed by atoms with Crippen molar-refractivity contribution in [3.63, 3.8) is 0 Å². The van der Waals surface area contributed by atoms with Gasteiger partial charge < -0.3 is 5.73 Å². The van der Waals surface area contributed by atoms with Gasteiger partial charge in [0.2, 0.25) is 0 Å². The summed E-state index contributed by atoms with van der Waals surface area (Å²) >= 11 is 1.33. The second-order valence-electron chi connectivity index (χ2n) is 4.07. The van der Waals surface area contributed by atoms with Gasteiger partial charge in [-0.15, -0.1) is 24.2 Å². The van der Waals surface area contributed by atoms with Gasteiger partial charge in [-0.25, -0.2) is 9.78 Å². The van der Waals surface area contributed by atoms with Crippen molar-refractivity contribution in [3.8, 4) is 12.8 Å². The topological polar surface area (TPSA) is 68.0 Å². The number of thiazole rings is 1. The van der Waals surface area contributed by atoms with Crippen LogP contribution in [0.4, 0.5) is 9.93 Å². The highest BCUT2D eigenvalue weighted by Crippen LogP contribution is 2.22. The van der Waals surface area contributed by atoms with Crippen LogP contribution in [-0.4, -0.2) is 11.0 Å². The molecule has 100 valence electrons. The highest BCUT2D eigenvalue weighted by Gasteiger charge is 2.05. The maximum absolute atomic E-state index is 10.1. The maximum atomic E-state index is 10.1. The highest BCUT2D eigenvalue weighted by atomic mass is 32.1. The number of carbonyl (C=O) groups is 1. The van der Waals surface area contributed by atoms with Crippen LogP contribution in [0, 0.1) is 18.8 Å². The number of terminal acetylenes is 1. The van der Waals surface area contributed by atoms with Gasteiger partial charge in [0.15, 0.2) is 5.13 Å².